The Morgan fingerprint density at radius 1 is 0.822 bits per heavy atom. The fourth-order valence-electron chi connectivity index (χ4n) is 5.51. The number of nitrogens with zero attached hydrogens (tertiary/aromatic N) is 5. The SMILES string of the molecule is O=c1nc(SCc2ccc(F)cc2)n(Cc2nnc(COCCO)n2Cc2ccc(-c3ccc(CF)cc3)cc2)c2c1CCC2. The average Bonchev–Trinajstić information content (AvgIpc) is 3.71. The summed E-state index contributed by atoms with van der Waals surface area (Å²) in [6, 6.07) is 21.9. The van der Waals surface area contributed by atoms with Crippen molar-refractivity contribution in [2.75, 3.05) is 13.2 Å². The number of halogens is 2. The van der Waals surface area contributed by atoms with Crippen LogP contribution in [0.1, 0.15) is 46.0 Å². The van der Waals surface area contributed by atoms with E-state index in [-0.39, 0.29) is 31.2 Å². The van der Waals surface area contributed by atoms with Crippen LogP contribution in [0.15, 0.2) is 82.7 Å². The predicted octanol–water partition coefficient (Wildman–Crippen LogP) is 5.50. The van der Waals surface area contributed by atoms with Crippen molar-refractivity contribution in [1.82, 2.24) is 24.3 Å². The zero-order valence-electron chi connectivity index (χ0n) is 24.7. The van der Waals surface area contributed by atoms with Crippen LogP contribution in [0, 0.1) is 5.82 Å². The number of hydrogen-bond acceptors (Lipinski definition) is 7. The Hall–Kier alpha value is -4.19. The molecule has 2 heterocycles. The normalized spacial score (nSPS) is 12.5. The van der Waals surface area contributed by atoms with Crippen LogP contribution in [0.25, 0.3) is 11.1 Å². The highest BCUT2D eigenvalue weighted by Gasteiger charge is 2.24. The van der Waals surface area contributed by atoms with E-state index in [0.29, 0.717) is 47.6 Å². The van der Waals surface area contributed by atoms with Crippen molar-refractivity contribution in [3.05, 3.63) is 129 Å². The van der Waals surface area contributed by atoms with E-state index in [4.69, 9.17) is 4.74 Å². The molecule has 11 heteroatoms. The fourth-order valence-corrected chi connectivity index (χ4v) is 6.47. The number of rotatable bonds is 13. The minimum absolute atomic E-state index is 0.0986. The molecule has 0 saturated carbocycles. The molecule has 1 aliphatic rings. The second-order valence-corrected chi connectivity index (χ2v) is 11.8. The van der Waals surface area contributed by atoms with Gasteiger partial charge in [-0.1, -0.05) is 72.4 Å². The lowest BCUT2D eigenvalue weighted by Gasteiger charge is -2.18. The number of aliphatic hydroxyl groups excluding tert-OH is 1. The Kier molecular flexibility index (Phi) is 9.78. The summed E-state index contributed by atoms with van der Waals surface area (Å²) in [5.74, 6) is 1.54. The van der Waals surface area contributed by atoms with Crippen LogP contribution in [0.5, 0.6) is 0 Å². The molecule has 0 aliphatic heterocycles. The molecular formula is C34H33F2N5O3S. The van der Waals surface area contributed by atoms with Gasteiger partial charge in [-0.25, -0.2) is 8.78 Å². The summed E-state index contributed by atoms with van der Waals surface area (Å²) in [6.07, 6.45) is 2.35. The maximum atomic E-state index is 13.5. The summed E-state index contributed by atoms with van der Waals surface area (Å²) in [6.45, 7) is 0.608. The first-order chi connectivity index (χ1) is 22.0. The molecule has 0 atom stereocenters. The van der Waals surface area contributed by atoms with Crippen LogP contribution in [0.2, 0.25) is 0 Å². The number of ether oxygens (including phenoxy) is 1. The third kappa shape index (κ3) is 7.22. The molecule has 0 fully saturated rings. The number of aliphatic hydroxyl groups is 1. The molecule has 0 radical (unpaired) electrons. The smallest absolute Gasteiger partial charge is 0.277 e. The van der Waals surface area contributed by atoms with Crippen LogP contribution >= 0.6 is 11.8 Å². The molecule has 2 aromatic heterocycles. The molecule has 1 aliphatic carbocycles. The van der Waals surface area contributed by atoms with Gasteiger partial charge in [0.2, 0.25) is 0 Å². The summed E-state index contributed by atoms with van der Waals surface area (Å²) in [4.78, 5) is 17.4. The second kappa shape index (κ2) is 14.3. The fraction of sp³-hybridized carbons (Fsp3) is 0.294. The van der Waals surface area contributed by atoms with E-state index in [1.807, 2.05) is 41.0 Å². The zero-order chi connectivity index (χ0) is 31.2. The van der Waals surface area contributed by atoms with Crippen LogP contribution in [-0.4, -0.2) is 42.6 Å². The van der Waals surface area contributed by atoms with Gasteiger partial charge in [-0.3, -0.25) is 4.79 Å². The first-order valence-electron chi connectivity index (χ1n) is 14.9. The molecular weight excluding hydrogens is 596 g/mol. The molecule has 0 amide bonds. The van der Waals surface area contributed by atoms with Crippen molar-refractivity contribution in [3.8, 4) is 11.1 Å². The predicted molar refractivity (Wildman–Crippen MR) is 168 cm³/mol. The molecule has 6 rings (SSSR count). The lowest BCUT2D eigenvalue weighted by molar-refractivity contribution is 0.0759. The van der Waals surface area contributed by atoms with E-state index in [1.54, 1.807) is 24.3 Å². The maximum absolute atomic E-state index is 13.5. The molecule has 0 bridgehead atoms. The van der Waals surface area contributed by atoms with Crippen molar-refractivity contribution in [2.45, 2.75) is 56.5 Å². The lowest BCUT2D eigenvalue weighted by atomic mass is 10.0. The number of aromatic nitrogens is 5. The number of alkyl halides is 1. The van der Waals surface area contributed by atoms with Crippen molar-refractivity contribution in [3.63, 3.8) is 0 Å². The van der Waals surface area contributed by atoms with Crippen LogP contribution in [-0.2, 0) is 49.7 Å². The van der Waals surface area contributed by atoms with Gasteiger partial charge in [0, 0.05) is 17.0 Å². The van der Waals surface area contributed by atoms with Crippen LogP contribution in [0.3, 0.4) is 0 Å². The average molecular weight is 630 g/mol. The van der Waals surface area contributed by atoms with Gasteiger partial charge in [-0.05, 0) is 59.2 Å². The van der Waals surface area contributed by atoms with Gasteiger partial charge in [-0.2, -0.15) is 4.98 Å². The van der Waals surface area contributed by atoms with E-state index in [1.165, 1.54) is 23.9 Å². The number of fused-ring (bicyclic) bond motifs is 1. The first kappa shape index (κ1) is 30.8. The summed E-state index contributed by atoms with van der Waals surface area (Å²) in [5, 5.41) is 18.8. The summed E-state index contributed by atoms with van der Waals surface area (Å²) in [5.41, 5.74) is 6.14. The van der Waals surface area contributed by atoms with E-state index in [9.17, 15) is 18.7 Å². The molecule has 0 saturated heterocycles. The standard InChI is InChI=1S/C34H33F2N5O3S/c35-18-23-4-10-26(11-5-23)27-12-6-24(7-13-27)19-41-31(38-39-32(41)21-44-17-16-42)20-40-30-3-1-2-29(30)33(43)37-34(40)45-22-25-8-14-28(36)15-9-25/h4-15,42H,1-3,16-22H2. The molecule has 0 spiro atoms. The van der Waals surface area contributed by atoms with Crippen molar-refractivity contribution < 1.29 is 18.6 Å². The van der Waals surface area contributed by atoms with Crippen LogP contribution < -0.4 is 5.56 Å². The Balaban J connectivity index is 1.30. The minimum atomic E-state index is -0.489. The van der Waals surface area contributed by atoms with Crippen LogP contribution in [0.4, 0.5) is 8.78 Å². The molecule has 45 heavy (non-hydrogen) atoms. The van der Waals surface area contributed by atoms with Crippen molar-refractivity contribution in [1.29, 1.82) is 0 Å². The Bertz CT molecular complexity index is 1810. The number of hydrogen-bond donors (Lipinski definition) is 1. The lowest BCUT2D eigenvalue weighted by Crippen LogP contribution is -2.23. The Labute approximate surface area is 263 Å². The molecule has 1 N–H and O–H groups in total. The first-order valence-corrected chi connectivity index (χ1v) is 15.8. The number of thioether (sulfide) groups is 1. The monoisotopic (exact) mass is 629 g/mol. The second-order valence-electron chi connectivity index (χ2n) is 10.9. The zero-order valence-corrected chi connectivity index (χ0v) is 25.5. The van der Waals surface area contributed by atoms with E-state index in [0.717, 1.165) is 46.4 Å². The number of benzene rings is 3. The van der Waals surface area contributed by atoms with Gasteiger partial charge in [0.05, 0.1) is 26.3 Å². The van der Waals surface area contributed by atoms with Gasteiger partial charge >= 0.3 is 0 Å². The van der Waals surface area contributed by atoms with Gasteiger partial charge in [0.1, 0.15) is 19.1 Å². The van der Waals surface area contributed by atoms with Gasteiger partial charge in [-0.15, -0.1) is 10.2 Å². The summed E-state index contributed by atoms with van der Waals surface area (Å²) < 4.78 is 36.1. The van der Waals surface area contributed by atoms with Crippen molar-refractivity contribution in [2.24, 2.45) is 0 Å². The highest BCUT2D eigenvalue weighted by Crippen LogP contribution is 2.28. The van der Waals surface area contributed by atoms with Crippen molar-refractivity contribution >= 4 is 11.8 Å². The topological polar surface area (TPSA) is 95.1 Å². The quantitative estimate of drug-likeness (QED) is 0.105. The maximum Gasteiger partial charge on any atom is 0.277 e. The molecule has 232 valence electrons. The highest BCUT2D eigenvalue weighted by molar-refractivity contribution is 7.98. The minimum Gasteiger partial charge on any atom is -0.394 e. The third-order valence-corrected chi connectivity index (χ3v) is 8.94. The molecule has 0 unspecified atom stereocenters. The van der Waals surface area contributed by atoms with E-state index < -0.39 is 6.67 Å². The summed E-state index contributed by atoms with van der Waals surface area (Å²) >= 11 is 1.44. The van der Waals surface area contributed by atoms with Gasteiger partial charge in [0.25, 0.3) is 5.56 Å². The largest absolute Gasteiger partial charge is 0.394 e. The van der Waals surface area contributed by atoms with Gasteiger partial charge < -0.3 is 19.0 Å². The highest BCUT2D eigenvalue weighted by atomic mass is 32.2. The Morgan fingerprint density at radius 3 is 2.18 bits per heavy atom. The summed E-state index contributed by atoms with van der Waals surface area (Å²) in [7, 11) is 0. The third-order valence-electron chi connectivity index (χ3n) is 7.89. The molecule has 3 aromatic carbocycles. The van der Waals surface area contributed by atoms with E-state index in [2.05, 4.69) is 19.7 Å². The molecule has 8 nitrogen and oxygen atoms in total. The van der Waals surface area contributed by atoms with Gasteiger partial charge in [0.15, 0.2) is 16.8 Å². The molecule has 5 aromatic rings. The Morgan fingerprint density at radius 2 is 1.49 bits per heavy atom. The van der Waals surface area contributed by atoms with E-state index >= 15 is 0 Å².